The van der Waals surface area contributed by atoms with Crippen LogP contribution in [0, 0.1) is 10.1 Å². The fourth-order valence-electron chi connectivity index (χ4n) is 2.21. The van der Waals surface area contributed by atoms with Crippen molar-refractivity contribution in [1.29, 1.82) is 0 Å². The summed E-state index contributed by atoms with van der Waals surface area (Å²) < 4.78 is 11.7. The van der Waals surface area contributed by atoms with Crippen molar-refractivity contribution in [3.63, 3.8) is 0 Å². The first kappa shape index (κ1) is 18.9. The van der Waals surface area contributed by atoms with Crippen molar-refractivity contribution in [2.45, 2.75) is 33.3 Å². The number of carbonyl (C=O) groups is 2. The molecule has 0 fully saturated rings. The fourth-order valence-corrected chi connectivity index (χ4v) is 2.77. The lowest BCUT2D eigenvalue weighted by atomic mass is 10.2. The monoisotopic (exact) mass is 412 g/mol. The summed E-state index contributed by atoms with van der Waals surface area (Å²) in [6.45, 7) is 6.80. The minimum atomic E-state index is -0.821. The Labute approximate surface area is 152 Å². The van der Waals surface area contributed by atoms with Gasteiger partial charge in [0.1, 0.15) is 11.3 Å². The Kier molecular flexibility index (Phi) is 5.17. The molecule has 0 aliphatic carbocycles. The molecular formula is C16H17BrN2O6. The number of ether oxygens (including phenoxy) is 2. The number of benzene rings is 1. The molecule has 0 saturated carbocycles. The van der Waals surface area contributed by atoms with Crippen LogP contribution < -0.4 is 0 Å². The van der Waals surface area contributed by atoms with Crippen LogP contribution in [0.1, 0.15) is 38.2 Å². The van der Waals surface area contributed by atoms with E-state index in [9.17, 15) is 19.7 Å². The van der Waals surface area contributed by atoms with Crippen LogP contribution in [0.5, 0.6) is 0 Å². The maximum Gasteiger partial charge on any atom is 0.419 e. The van der Waals surface area contributed by atoms with Crippen molar-refractivity contribution < 1.29 is 24.0 Å². The zero-order valence-corrected chi connectivity index (χ0v) is 15.7. The summed E-state index contributed by atoms with van der Waals surface area (Å²) >= 11 is 3.24. The number of non-ortho nitro benzene ring substituents is 1. The molecule has 2 aromatic rings. The summed E-state index contributed by atoms with van der Waals surface area (Å²) in [5, 5.41) is 11.6. The summed E-state index contributed by atoms with van der Waals surface area (Å²) in [6, 6.07) is 3.95. The van der Waals surface area contributed by atoms with Crippen molar-refractivity contribution in [1.82, 2.24) is 4.57 Å². The summed E-state index contributed by atoms with van der Waals surface area (Å²) in [6.07, 6.45) is -0.821. The highest BCUT2D eigenvalue weighted by atomic mass is 79.9. The largest absolute Gasteiger partial charge is 0.461 e. The highest BCUT2D eigenvalue weighted by Gasteiger charge is 2.27. The maximum absolute atomic E-state index is 12.6. The van der Waals surface area contributed by atoms with Gasteiger partial charge in [-0.25, -0.2) is 14.2 Å². The van der Waals surface area contributed by atoms with Crippen LogP contribution in [0.4, 0.5) is 10.5 Å². The molecule has 1 heterocycles. The zero-order chi connectivity index (χ0) is 18.9. The summed E-state index contributed by atoms with van der Waals surface area (Å²) in [7, 11) is 0. The van der Waals surface area contributed by atoms with Gasteiger partial charge in [0.2, 0.25) is 0 Å². The number of carbonyl (C=O) groups excluding carboxylic acids is 2. The first-order valence-electron chi connectivity index (χ1n) is 7.45. The van der Waals surface area contributed by atoms with Gasteiger partial charge in [-0.3, -0.25) is 10.1 Å². The van der Waals surface area contributed by atoms with Gasteiger partial charge in [-0.1, -0.05) is 0 Å². The highest BCUT2D eigenvalue weighted by molar-refractivity contribution is 9.10. The van der Waals surface area contributed by atoms with Crippen LogP contribution in [-0.4, -0.2) is 33.8 Å². The van der Waals surface area contributed by atoms with Gasteiger partial charge in [0.15, 0.2) is 0 Å². The second kappa shape index (κ2) is 6.83. The van der Waals surface area contributed by atoms with E-state index >= 15 is 0 Å². The molecule has 0 spiro atoms. The van der Waals surface area contributed by atoms with E-state index in [0.29, 0.717) is 9.86 Å². The van der Waals surface area contributed by atoms with Gasteiger partial charge in [0.05, 0.1) is 17.0 Å². The molecule has 0 bridgehead atoms. The molecule has 0 amide bonds. The van der Waals surface area contributed by atoms with Crippen molar-refractivity contribution in [2.24, 2.45) is 0 Å². The molecule has 0 aliphatic heterocycles. The SMILES string of the molecule is CCOC(=O)c1cc2c(Br)cc([N+](=O)[O-])cc2n1C(=O)OC(C)(C)C. The fraction of sp³-hybridized carbons (Fsp3) is 0.375. The Balaban J connectivity index is 2.76. The smallest absolute Gasteiger partial charge is 0.419 e. The first-order valence-corrected chi connectivity index (χ1v) is 8.24. The standard InChI is InChI=1S/C16H17BrN2O6/c1-5-24-14(20)13-8-10-11(17)6-9(19(22)23)7-12(10)18(13)15(21)25-16(2,3)4/h6-8H,5H2,1-4H3. The van der Waals surface area contributed by atoms with Gasteiger partial charge in [0.25, 0.3) is 5.69 Å². The second-order valence-electron chi connectivity index (χ2n) is 6.18. The van der Waals surface area contributed by atoms with Crippen LogP contribution in [-0.2, 0) is 9.47 Å². The minimum Gasteiger partial charge on any atom is -0.461 e. The third-order valence-electron chi connectivity index (χ3n) is 3.13. The van der Waals surface area contributed by atoms with Gasteiger partial charge in [-0.15, -0.1) is 0 Å². The van der Waals surface area contributed by atoms with E-state index in [-0.39, 0.29) is 23.5 Å². The molecule has 0 aliphatic rings. The van der Waals surface area contributed by atoms with Crippen molar-refractivity contribution in [2.75, 3.05) is 6.61 Å². The van der Waals surface area contributed by atoms with E-state index in [2.05, 4.69) is 15.9 Å². The van der Waals surface area contributed by atoms with Crippen molar-refractivity contribution in [3.8, 4) is 0 Å². The zero-order valence-electron chi connectivity index (χ0n) is 14.2. The number of nitrogens with zero attached hydrogens (tertiary/aromatic N) is 2. The van der Waals surface area contributed by atoms with Crippen LogP contribution in [0.2, 0.25) is 0 Å². The number of aromatic nitrogens is 1. The van der Waals surface area contributed by atoms with E-state index < -0.39 is 22.6 Å². The van der Waals surface area contributed by atoms with Crippen LogP contribution >= 0.6 is 15.9 Å². The molecule has 9 heteroatoms. The van der Waals surface area contributed by atoms with Gasteiger partial charge < -0.3 is 9.47 Å². The van der Waals surface area contributed by atoms with Crippen LogP contribution in [0.3, 0.4) is 0 Å². The topological polar surface area (TPSA) is 101 Å². The number of halogens is 1. The van der Waals surface area contributed by atoms with E-state index in [0.717, 1.165) is 4.57 Å². The predicted octanol–water partition coefficient (Wildman–Crippen LogP) is 4.27. The Morgan fingerprint density at radius 2 is 1.92 bits per heavy atom. The summed E-state index contributed by atoms with van der Waals surface area (Å²) in [5.41, 5.74) is -0.916. The number of nitro benzene ring substituents is 1. The molecule has 0 unspecified atom stereocenters. The molecule has 25 heavy (non-hydrogen) atoms. The Morgan fingerprint density at radius 1 is 1.28 bits per heavy atom. The number of hydrogen-bond donors (Lipinski definition) is 0. The molecule has 1 aromatic heterocycles. The van der Waals surface area contributed by atoms with Crippen LogP contribution in [0.15, 0.2) is 22.7 Å². The van der Waals surface area contributed by atoms with Gasteiger partial charge in [-0.05, 0) is 49.7 Å². The lowest BCUT2D eigenvalue weighted by molar-refractivity contribution is -0.384. The number of nitro groups is 1. The maximum atomic E-state index is 12.6. The molecular weight excluding hydrogens is 396 g/mol. The molecule has 134 valence electrons. The third kappa shape index (κ3) is 3.98. The quantitative estimate of drug-likeness (QED) is 0.423. The Bertz CT molecular complexity index is 866. The lowest BCUT2D eigenvalue weighted by Gasteiger charge is -2.20. The molecule has 1 aromatic carbocycles. The van der Waals surface area contributed by atoms with E-state index in [1.165, 1.54) is 18.2 Å². The minimum absolute atomic E-state index is 0.0627. The average Bonchev–Trinajstić information content (AvgIpc) is 2.85. The molecule has 0 radical (unpaired) electrons. The summed E-state index contributed by atoms with van der Waals surface area (Å²) in [5.74, 6) is -0.723. The highest BCUT2D eigenvalue weighted by Crippen LogP contribution is 2.33. The number of esters is 1. The molecule has 0 saturated heterocycles. The molecule has 0 atom stereocenters. The van der Waals surface area contributed by atoms with Gasteiger partial charge >= 0.3 is 12.1 Å². The molecule has 0 N–H and O–H groups in total. The van der Waals surface area contributed by atoms with E-state index in [1.54, 1.807) is 27.7 Å². The van der Waals surface area contributed by atoms with Crippen molar-refractivity contribution >= 4 is 44.6 Å². The Hall–Kier alpha value is -2.42. The van der Waals surface area contributed by atoms with Crippen LogP contribution in [0.25, 0.3) is 10.9 Å². The van der Waals surface area contributed by atoms with E-state index in [1.807, 2.05) is 0 Å². The first-order chi connectivity index (χ1) is 11.5. The lowest BCUT2D eigenvalue weighted by Crippen LogP contribution is -2.29. The van der Waals surface area contributed by atoms with E-state index in [4.69, 9.17) is 9.47 Å². The predicted molar refractivity (Wildman–Crippen MR) is 93.9 cm³/mol. The number of hydrogen-bond acceptors (Lipinski definition) is 6. The number of rotatable bonds is 3. The second-order valence-corrected chi connectivity index (χ2v) is 7.04. The van der Waals surface area contributed by atoms with Gasteiger partial charge in [0, 0.05) is 22.0 Å². The van der Waals surface area contributed by atoms with Gasteiger partial charge in [-0.2, -0.15) is 0 Å². The normalized spacial score (nSPS) is 11.4. The number of fused-ring (bicyclic) bond motifs is 1. The van der Waals surface area contributed by atoms with Crippen molar-refractivity contribution in [3.05, 3.63) is 38.5 Å². The molecule has 8 nitrogen and oxygen atoms in total. The molecule has 2 rings (SSSR count). The average molecular weight is 413 g/mol. The Morgan fingerprint density at radius 3 is 2.44 bits per heavy atom. The summed E-state index contributed by atoms with van der Waals surface area (Å²) in [4.78, 5) is 35.4. The third-order valence-corrected chi connectivity index (χ3v) is 3.78.